The Kier molecular flexibility index (Phi) is 6.86. The monoisotopic (exact) mass is 622 g/mol. The first-order valence-electron chi connectivity index (χ1n) is 11.6. The van der Waals surface area contributed by atoms with E-state index in [0.717, 1.165) is 0 Å². The average Bonchev–Trinajstić information content (AvgIpc) is 3.44. The minimum atomic E-state index is -5.19. The molecule has 40 heavy (non-hydrogen) atoms. The summed E-state index contributed by atoms with van der Waals surface area (Å²) in [5.41, 5.74) is -7.87. The summed E-state index contributed by atoms with van der Waals surface area (Å²) in [6.07, 6.45) is -10.4. The number of benzene rings is 3. The molecular weight excluding hydrogens is 606 g/mol. The number of hydrogen-bond acceptors (Lipinski definition) is 2. The van der Waals surface area contributed by atoms with Crippen LogP contribution in [0, 0.1) is 0 Å². The summed E-state index contributed by atoms with van der Waals surface area (Å²) in [7, 11) is 0. The van der Waals surface area contributed by atoms with Crippen LogP contribution in [-0.4, -0.2) is 19.6 Å². The van der Waals surface area contributed by atoms with E-state index in [1.54, 1.807) is 12.1 Å². The molecule has 0 saturated heterocycles. The van der Waals surface area contributed by atoms with E-state index in [2.05, 4.69) is 15.9 Å². The summed E-state index contributed by atoms with van der Waals surface area (Å²) < 4.78 is 88.2. The highest BCUT2D eigenvalue weighted by molar-refractivity contribution is 9.10. The molecule has 5 rings (SSSR count). The first-order valence-corrected chi connectivity index (χ1v) is 12.4. The lowest BCUT2D eigenvalue weighted by molar-refractivity contribution is -0.142. The van der Waals surface area contributed by atoms with Crippen molar-refractivity contribution in [3.63, 3.8) is 0 Å². The molecule has 0 unspecified atom stereocenters. The first kappa shape index (κ1) is 27.3. The van der Waals surface area contributed by atoms with E-state index >= 15 is 0 Å². The Bertz CT molecular complexity index is 1660. The average molecular weight is 623 g/mol. The third kappa shape index (κ3) is 4.92. The summed E-state index contributed by atoms with van der Waals surface area (Å²) in [5.74, 6) is -2.05. The molecule has 2 aromatic heterocycles. The lowest BCUT2D eigenvalue weighted by atomic mass is 9.84. The van der Waals surface area contributed by atoms with Gasteiger partial charge in [0.05, 0.1) is 22.5 Å². The van der Waals surface area contributed by atoms with Gasteiger partial charge in [-0.05, 0) is 42.0 Å². The highest BCUT2D eigenvalue weighted by Gasteiger charge is 2.46. The summed E-state index contributed by atoms with van der Waals surface area (Å²) in [6, 6.07) is 19.8. The van der Waals surface area contributed by atoms with Gasteiger partial charge >= 0.3 is 12.4 Å². The van der Waals surface area contributed by atoms with Crippen molar-refractivity contribution in [2.24, 2.45) is 0 Å². The molecule has 206 valence electrons. The minimum absolute atomic E-state index is 0.0191. The molecule has 2 N–H and O–H groups in total. The van der Waals surface area contributed by atoms with Gasteiger partial charge in [0, 0.05) is 10.4 Å². The molecule has 13 heteroatoms. The topological polar surface area (TPSA) is 75.6 Å². The number of H-pyrrole nitrogens is 2. The predicted molar refractivity (Wildman–Crippen MR) is 138 cm³/mol. The minimum Gasteiger partial charge on any atom is -0.286 e. The zero-order chi connectivity index (χ0) is 28.8. The molecular formula is C27H17BrF6N4O2. The number of hydrogen-bond donors (Lipinski definition) is 2. The molecule has 6 nitrogen and oxygen atoms in total. The van der Waals surface area contributed by atoms with Crippen LogP contribution in [0.4, 0.5) is 26.3 Å². The number of nitrogens with zero attached hydrogens (tertiary/aromatic N) is 2. The number of halogens is 7. The highest BCUT2D eigenvalue weighted by atomic mass is 79.9. The number of aromatic amines is 2. The van der Waals surface area contributed by atoms with Gasteiger partial charge in [-0.25, -0.2) is 9.36 Å². The number of aromatic nitrogens is 4. The molecule has 0 amide bonds. The molecule has 0 bridgehead atoms. The van der Waals surface area contributed by atoms with Gasteiger partial charge < -0.3 is 0 Å². The van der Waals surface area contributed by atoms with Crippen LogP contribution in [-0.2, 0) is 12.4 Å². The van der Waals surface area contributed by atoms with E-state index < -0.39 is 51.9 Å². The van der Waals surface area contributed by atoms with Crippen LogP contribution in [0.2, 0.25) is 0 Å². The van der Waals surface area contributed by atoms with Crippen molar-refractivity contribution < 1.29 is 26.3 Å². The zero-order valence-electron chi connectivity index (χ0n) is 20.0. The quantitative estimate of drug-likeness (QED) is 0.216. The number of rotatable bonds is 5. The fourth-order valence-electron chi connectivity index (χ4n) is 4.52. The van der Waals surface area contributed by atoms with Gasteiger partial charge in [0.1, 0.15) is 11.4 Å². The molecule has 0 radical (unpaired) electrons. The van der Waals surface area contributed by atoms with Crippen molar-refractivity contribution in [1.82, 2.24) is 19.6 Å². The van der Waals surface area contributed by atoms with Crippen molar-refractivity contribution in [2.45, 2.75) is 18.3 Å². The Morgan fingerprint density at radius 1 is 0.600 bits per heavy atom. The Balaban J connectivity index is 1.91. The standard InChI is InChI=1S/C27H17BrF6N4O2/c28-16-13-11-15(12-14-16)19(20-22(26(29,30)31)35-37(24(20)39)17-7-3-1-4-8-17)21-23(27(32,33)34)36-38(25(21)40)18-9-5-2-6-10-18/h1-14,19,35-36H. The van der Waals surface area contributed by atoms with Crippen LogP contribution in [0.5, 0.6) is 0 Å². The number of alkyl halides is 6. The molecule has 2 heterocycles. The SMILES string of the molecule is O=c1c(C(c2ccc(Br)cc2)c2c(C(F)(F)F)[nH]n(-c3ccccc3)c2=O)c(C(F)(F)F)[nH]n1-c1ccccc1. The Morgan fingerprint density at radius 2 is 0.975 bits per heavy atom. The second-order valence-electron chi connectivity index (χ2n) is 8.73. The molecule has 0 saturated carbocycles. The van der Waals surface area contributed by atoms with Crippen LogP contribution < -0.4 is 11.1 Å². The molecule has 0 spiro atoms. The van der Waals surface area contributed by atoms with Crippen LogP contribution in [0.15, 0.2) is 99.0 Å². The van der Waals surface area contributed by atoms with E-state index in [1.807, 2.05) is 10.2 Å². The van der Waals surface area contributed by atoms with Crippen molar-refractivity contribution in [1.29, 1.82) is 0 Å². The van der Waals surface area contributed by atoms with Crippen molar-refractivity contribution >= 4 is 15.9 Å². The van der Waals surface area contributed by atoms with Crippen LogP contribution >= 0.6 is 15.9 Å². The Morgan fingerprint density at radius 3 is 1.32 bits per heavy atom. The second-order valence-corrected chi connectivity index (χ2v) is 9.65. The van der Waals surface area contributed by atoms with Gasteiger partial charge in [-0.1, -0.05) is 64.5 Å². The summed E-state index contributed by atoms with van der Waals surface area (Å²) in [4.78, 5) is 27.3. The largest absolute Gasteiger partial charge is 0.433 e. The molecule has 0 fully saturated rings. The lowest BCUT2D eigenvalue weighted by Gasteiger charge is -2.19. The van der Waals surface area contributed by atoms with Gasteiger partial charge in [0.25, 0.3) is 11.1 Å². The second kappa shape index (κ2) is 10.0. The normalized spacial score (nSPS) is 12.3. The first-order chi connectivity index (χ1) is 18.9. The Labute approximate surface area is 229 Å². The van der Waals surface area contributed by atoms with Gasteiger partial charge in [-0.2, -0.15) is 26.3 Å². The fraction of sp³-hybridized carbons (Fsp3) is 0.111. The van der Waals surface area contributed by atoms with E-state index in [-0.39, 0.29) is 16.9 Å². The van der Waals surface area contributed by atoms with Crippen LogP contribution in [0.3, 0.4) is 0 Å². The van der Waals surface area contributed by atoms with E-state index in [0.29, 0.717) is 13.8 Å². The molecule has 0 atom stereocenters. The van der Waals surface area contributed by atoms with Gasteiger partial charge in [-0.15, -0.1) is 0 Å². The maximum Gasteiger partial charge on any atom is 0.433 e. The summed E-state index contributed by atoms with van der Waals surface area (Å²) >= 11 is 3.19. The predicted octanol–water partition coefficient (Wildman–Crippen LogP) is 6.62. The lowest BCUT2D eigenvalue weighted by Crippen LogP contribution is -2.27. The summed E-state index contributed by atoms with van der Waals surface area (Å²) in [6.45, 7) is 0. The fourth-order valence-corrected chi connectivity index (χ4v) is 4.78. The Hall–Kier alpha value is -4.26. The number of nitrogens with one attached hydrogen (secondary N) is 2. The zero-order valence-corrected chi connectivity index (χ0v) is 21.6. The molecule has 5 aromatic rings. The van der Waals surface area contributed by atoms with E-state index in [9.17, 15) is 35.9 Å². The smallest absolute Gasteiger partial charge is 0.286 e. The third-order valence-corrected chi connectivity index (χ3v) is 6.76. The van der Waals surface area contributed by atoms with E-state index in [1.165, 1.54) is 72.8 Å². The maximum absolute atomic E-state index is 14.4. The molecule has 0 aliphatic carbocycles. The third-order valence-electron chi connectivity index (χ3n) is 6.23. The van der Waals surface area contributed by atoms with Gasteiger partial charge in [0.2, 0.25) is 0 Å². The van der Waals surface area contributed by atoms with Gasteiger partial charge in [0.15, 0.2) is 0 Å². The molecule has 0 aliphatic rings. The van der Waals surface area contributed by atoms with Crippen LogP contribution in [0.1, 0.15) is 34.0 Å². The summed E-state index contributed by atoms with van der Waals surface area (Å²) in [5, 5.41) is 4.05. The van der Waals surface area contributed by atoms with Crippen LogP contribution in [0.25, 0.3) is 11.4 Å². The highest BCUT2D eigenvalue weighted by Crippen LogP contribution is 2.42. The molecule has 0 aliphatic heterocycles. The number of para-hydroxylation sites is 2. The molecule has 3 aromatic carbocycles. The van der Waals surface area contributed by atoms with Crippen molar-refractivity contribution in [3.05, 3.63) is 138 Å². The van der Waals surface area contributed by atoms with E-state index in [4.69, 9.17) is 0 Å². The van der Waals surface area contributed by atoms with Gasteiger partial charge in [-0.3, -0.25) is 19.8 Å². The maximum atomic E-state index is 14.4. The van der Waals surface area contributed by atoms with Crippen molar-refractivity contribution in [2.75, 3.05) is 0 Å². The van der Waals surface area contributed by atoms with Crippen molar-refractivity contribution in [3.8, 4) is 11.4 Å².